The van der Waals surface area contributed by atoms with Gasteiger partial charge in [-0.05, 0) is 89.7 Å². The van der Waals surface area contributed by atoms with Gasteiger partial charge in [0.15, 0.2) is 0 Å². The van der Waals surface area contributed by atoms with E-state index >= 15 is 0 Å². The third-order valence-electron chi connectivity index (χ3n) is 6.88. The Hall–Kier alpha value is -3.24. The van der Waals surface area contributed by atoms with Gasteiger partial charge in [-0.25, -0.2) is 9.78 Å². The summed E-state index contributed by atoms with van der Waals surface area (Å²) in [6, 6.07) is 15.0. The van der Waals surface area contributed by atoms with Gasteiger partial charge in [0.2, 0.25) is 0 Å². The molecule has 0 saturated heterocycles. The number of halogens is 3. The van der Waals surface area contributed by atoms with Crippen molar-refractivity contribution in [1.29, 1.82) is 0 Å². The summed E-state index contributed by atoms with van der Waals surface area (Å²) in [5.74, 6) is 1.11. The second-order valence-corrected chi connectivity index (χ2v) is 12.0. The quantitative estimate of drug-likeness (QED) is 0.172. The number of hydrogen-bond donors (Lipinski definition) is 3. The van der Waals surface area contributed by atoms with E-state index in [4.69, 9.17) is 52.7 Å². The highest BCUT2D eigenvalue weighted by Crippen LogP contribution is 2.39. The molecule has 4 rings (SSSR count). The fourth-order valence-electron chi connectivity index (χ4n) is 4.91. The van der Waals surface area contributed by atoms with E-state index in [9.17, 15) is 4.79 Å². The number of benzene rings is 2. The Morgan fingerprint density at radius 1 is 0.978 bits per heavy atom. The van der Waals surface area contributed by atoms with Gasteiger partial charge in [-0.2, -0.15) is 0 Å². The predicted molar refractivity (Wildman–Crippen MR) is 182 cm³/mol. The maximum absolute atomic E-state index is 13.3. The second kappa shape index (κ2) is 18.7. The van der Waals surface area contributed by atoms with Crippen molar-refractivity contribution in [3.8, 4) is 33.9 Å². The molecule has 1 aliphatic rings. The molecule has 1 amide bonds. The number of carbonyl (C=O) groups excluding carboxylic acids is 1. The number of carboxylic acid groups (broad SMARTS) is 2. The van der Waals surface area contributed by atoms with Crippen molar-refractivity contribution in [2.24, 2.45) is 0 Å². The number of ether oxygens (including phenoxy) is 2. The molecule has 0 bridgehead atoms. The third kappa shape index (κ3) is 12.2. The number of amides is 1. The summed E-state index contributed by atoms with van der Waals surface area (Å²) in [6.45, 7) is 5.41. The monoisotopic (exact) mass is 681 g/mol. The van der Waals surface area contributed by atoms with Crippen molar-refractivity contribution < 1.29 is 29.3 Å². The van der Waals surface area contributed by atoms with Gasteiger partial charge in [-0.1, -0.05) is 48.5 Å². The maximum Gasteiger partial charge on any atom is 0.503 e. The fraction of sp³-hybridized carbons (Fsp3) is 0.424. The molecule has 1 saturated carbocycles. The molecule has 1 heterocycles. The van der Waals surface area contributed by atoms with Gasteiger partial charge < -0.3 is 29.9 Å². The van der Waals surface area contributed by atoms with E-state index in [0.29, 0.717) is 39.5 Å². The highest BCUT2D eigenvalue weighted by atomic mass is 35.5. The lowest BCUT2D eigenvalue weighted by atomic mass is 9.95. The summed E-state index contributed by atoms with van der Waals surface area (Å²) in [5, 5.41) is 18.2. The minimum Gasteiger partial charge on any atom is -0.492 e. The smallest absolute Gasteiger partial charge is 0.492 e. The van der Waals surface area contributed by atoms with Crippen molar-refractivity contribution >= 4 is 47.7 Å². The Morgan fingerprint density at radius 3 is 2.29 bits per heavy atom. The summed E-state index contributed by atoms with van der Waals surface area (Å²) < 4.78 is 12.0. The zero-order valence-electron chi connectivity index (χ0n) is 26.0. The average molecular weight is 683 g/mol. The van der Waals surface area contributed by atoms with Crippen LogP contribution in [0, 0.1) is 0 Å². The zero-order valence-corrected chi connectivity index (χ0v) is 28.3. The molecule has 1 aliphatic carbocycles. The lowest BCUT2D eigenvalue weighted by Crippen LogP contribution is -2.36. The first-order chi connectivity index (χ1) is 20.9. The van der Waals surface area contributed by atoms with Crippen LogP contribution in [0.3, 0.4) is 0 Å². The molecule has 12 heteroatoms. The summed E-state index contributed by atoms with van der Waals surface area (Å²) in [7, 11) is 4.06. The summed E-state index contributed by atoms with van der Waals surface area (Å²) in [4.78, 5) is 28.8. The molecule has 2 aromatic carbocycles. The molecule has 246 valence electrons. The molecule has 1 aromatic heterocycles. The standard InChI is InChI=1S/C32H39Cl2N3O3.CH2O3.ClH/c1-21(2)40-24-12-15-27(33)26(20-24)25-13-16-29(32(38)35-23-9-6-5-7-10-23)36-31(25)22-11-14-28(34)30(19-22)39-18-8-17-37(3)4;2-1(3)4;/h11-16,19-21,23H,5-10,17-18H2,1-4H3,(H,35,38);(H2,2,3,4);1H. The van der Waals surface area contributed by atoms with E-state index < -0.39 is 6.16 Å². The van der Waals surface area contributed by atoms with Crippen LogP contribution in [0.4, 0.5) is 4.79 Å². The Balaban J connectivity index is 0.00000133. The number of rotatable bonds is 11. The van der Waals surface area contributed by atoms with Crippen molar-refractivity contribution in [2.45, 2.75) is 64.5 Å². The van der Waals surface area contributed by atoms with Crippen LogP contribution in [0.2, 0.25) is 10.0 Å². The fourth-order valence-corrected chi connectivity index (χ4v) is 5.30. The molecule has 0 atom stereocenters. The van der Waals surface area contributed by atoms with Gasteiger partial charge >= 0.3 is 6.16 Å². The van der Waals surface area contributed by atoms with E-state index in [1.165, 1.54) is 6.42 Å². The van der Waals surface area contributed by atoms with Gasteiger partial charge in [-0.15, -0.1) is 12.4 Å². The first kappa shape index (κ1) is 37.9. The van der Waals surface area contributed by atoms with Gasteiger partial charge in [0.25, 0.3) is 5.91 Å². The predicted octanol–water partition coefficient (Wildman–Crippen LogP) is 8.55. The molecule has 45 heavy (non-hydrogen) atoms. The van der Waals surface area contributed by atoms with Crippen LogP contribution in [0.15, 0.2) is 48.5 Å². The van der Waals surface area contributed by atoms with Crippen LogP contribution in [0.25, 0.3) is 22.4 Å². The highest BCUT2D eigenvalue weighted by molar-refractivity contribution is 6.33. The van der Waals surface area contributed by atoms with E-state index in [2.05, 4.69) is 10.2 Å². The summed E-state index contributed by atoms with van der Waals surface area (Å²) in [6.07, 6.45) is 4.55. The Morgan fingerprint density at radius 2 is 1.64 bits per heavy atom. The SMILES string of the molecule is CC(C)Oc1ccc(Cl)c(-c2ccc(C(=O)NC3CCCCC3)nc2-c2ccc(Cl)c(OCCCN(C)C)c2)c1.Cl.O=C(O)O. The first-order valence-electron chi connectivity index (χ1n) is 14.7. The minimum absolute atomic E-state index is 0. The number of nitrogens with one attached hydrogen (secondary N) is 1. The molecule has 0 unspecified atom stereocenters. The molecule has 9 nitrogen and oxygen atoms in total. The van der Waals surface area contributed by atoms with Crippen LogP contribution < -0.4 is 14.8 Å². The topological polar surface area (TPSA) is 121 Å². The zero-order chi connectivity index (χ0) is 32.2. The number of hydrogen-bond acceptors (Lipinski definition) is 6. The largest absolute Gasteiger partial charge is 0.503 e. The lowest BCUT2D eigenvalue weighted by Gasteiger charge is -2.23. The van der Waals surface area contributed by atoms with Gasteiger partial charge in [0.05, 0.1) is 23.4 Å². The van der Waals surface area contributed by atoms with Crippen molar-refractivity contribution in [2.75, 3.05) is 27.2 Å². The van der Waals surface area contributed by atoms with Gasteiger partial charge in [0.1, 0.15) is 17.2 Å². The Bertz CT molecular complexity index is 1410. The minimum atomic E-state index is -1.83. The number of aromatic nitrogens is 1. The lowest BCUT2D eigenvalue weighted by molar-refractivity contribution is 0.0922. The first-order valence-corrected chi connectivity index (χ1v) is 15.5. The Kier molecular flexibility index (Phi) is 15.7. The molecule has 1 fully saturated rings. The number of nitrogens with zero attached hydrogens (tertiary/aromatic N) is 2. The van der Waals surface area contributed by atoms with Crippen molar-refractivity contribution in [3.63, 3.8) is 0 Å². The van der Waals surface area contributed by atoms with Gasteiger partial charge in [-0.3, -0.25) is 4.79 Å². The van der Waals surface area contributed by atoms with Crippen molar-refractivity contribution in [1.82, 2.24) is 15.2 Å². The van der Waals surface area contributed by atoms with Crippen LogP contribution in [-0.4, -0.2) is 71.6 Å². The summed E-state index contributed by atoms with van der Waals surface area (Å²) in [5.41, 5.74) is 3.31. The molecule has 3 aromatic rings. The van der Waals surface area contributed by atoms with Crippen LogP contribution in [-0.2, 0) is 0 Å². The molecular formula is C33H42Cl3N3O6. The van der Waals surface area contributed by atoms with Gasteiger partial charge in [0, 0.05) is 34.3 Å². The highest BCUT2D eigenvalue weighted by Gasteiger charge is 2.21. The van der Waals surface area contributed by atoms with E-state index in [1.54, 1.807) is 12.1 Å². The number of pyridine rings is 1. The number of carbonyl (C=O) groups is 2. The van der Waals surface area contributed by atoms with Crippen LogP contribution in [0.1, 0.15) is 62.9 Å². The molecule has 0 radical (unpaired) electrons. The molecular weight excluding hydrogens is 641 g/mol. The molecule has 3 N–H and O–H groups in total. The van der Waals surface area contributed by atoms with E-state index in [1.807, 2.05) is 64.3 Å². The van der Waals surface area contributed by atoms with E-state index in [-0.39, 0.29) is 30.5 Å². The van der Waals surface area contributed by atoms with Crippen molar-refractivity contribution in [3.05, 3.63) is 64.3 Å². The molecule has 0 spiro atoms. The van der Waals surface area contributed by atoms with E-state index in [0.717, 1.165) is 55.3 Å². The third-order valence-corrected chi connectivity index (χ3v) is 7.52. The maximum atomic E-state index is 13.3. The average Bonchev–Trinajstić information content (AvgIpc) is 2.97. The Labute approximate surface area is 281 Å². The van der Waals surface area contributed by atoms with Crippen LogP contribution in [0.5, 0.6) is 11.5 Å². The second-order valence-electron chi connectivity index (χ2n) is 11.1. The molecule has 0 aliphatic heterocycles. The normalized spacial score (nSPS) is 13.0. The van der Waals surface area contributed by atoms with Crippen LogP contribution >= 0.6 is 35.6 Å². The summed E-state index contributed by atoms with van der Waals surface area (Å²) >= 11 is 13.2.